The third-order valence-corrected chi connectivity index (χ3v) is 5.91. The summed E-state index contributed by atoms with van der Waals surface area (Å²) in [4.78, 5) is 12.4. The van der Waals surface area contributed by atoms with Crippen LogP contribution in [0.4, 0.5) is 5.69 Å². The van der Waals surface area contributed by atoms with Gasteiger partial charge in [-0.1, -0.05) is 30.7 Å². The monoisotopic (exact) mass is 391 g/mol. The van der Waals surface area contributed by atoms with Gasteiger partial charge in [0.2, 0.25) is 0 Å². The summed E-state index contributed by atoms with van der Waals surface area (Å²) < 4.78 is 0. The molecule has 0 spiro atoms. The molecule has 5 rings (SSSR count). The number of hydrogen-bond donors (Lipinski definition) is 1. The standard InChI is InChI=1S/C21H20ClN6/c1-13-7-10-27(18-5-3-4-6-19(18)28-23-8-9-24-28)20(13)21-25-16-11-14(2)15(22)12-17(16)26-21/h3-5,8-9,11-13,20H,7,10H2,1-2H3,(H,25,26)/t13-,20-/m0/s1. The molecule has 0 saturated carbocycles. The highest BCUT2D eigenvalue weighted by molar-refractivity contribution is 6.32. The Morgan fingerprint density at radius 3 is 2.89 bits per heavy atom. The van der Waals surface area contributed by atoms with Crippen LogP contribution in [0.15, 0.2) is 42.7 Å². The third kappa shape index (κ3) is 2.76. The molecule has 2 aromatic carbocycles. The van der Waals surface area contributed by atoms with Gasteiger partial charge in [0.1, 0.15) is 11.5 Å². The molecule has 7 heteroatoms. The number of anilines is 1. The van der Waals surface area contributed by atoms with Crippen molar-refractivity contribution in [2.24, 2.45) is 5.92 Å². The van der Waals surface area contributed by atoms with E-state index in [1.807, 2.05) is 25.1 Å². The molecule has 0 amide bonds. The zero-order chi connectivity index (χ0) is 19.3. The van der Waals surface area contributed by atoms with E-state index >= 15 is 0 Å². The summed E-state index contributed by atoms with van der Waals surface area (Å²) in [7, 11) is 0. The van der Waals surface area contributed by atoms with Crippen LogP contribution >= 0.6 is 11.6 Å². The molecule has 0 unspecified atom stereocenters. The normalized spacial score (nSPS) is 19.6. The van der Waals surface area contributed by atoms with E-state index in [0.717, 1.165) is 51.8 Å². The second kappa shape index (κ2) is 6.63. The van der Waals surface area contributed by atoms with Gasteiger partial charge in [0.15, 0.2) is 0 Å². The average Bonchev–Trinajstić information content (AvgIpc) is 3.42. The van der Waals surface area contributed by atoms with Crippen molar-refractivity contribution in [1.29, 1.82) is 0 Å². The van der Waals surface area contributed by atoms with Gasteiger partial charge >= 0.3 is 0 Å². The lowest BCUT2D eigenvalue weighted by molar-refractivity contribution is 0.513. The summed E-state index contributed by atoms with van der Waals surface area (Å²) in [6, 6.07) is 13.4. The number of hydrogen-bond acceptors (Lipinski definition) is 4. The van der Waals surface area contributed by atoms with Crippen molar-refractivity contribution in [2.75, 3.05) is 11.4 Å². The van der Waals surface area contributed by atoms with Crippen LogP contribution in [0, 0.1) is 18.9 Å². The van der Waals surface area contributed by atoms with Crippen LogP contribution in [0.25, 0.3) is 16.7 Å². The number of halogens is 1. The minimum Gasteiger partial charge on any atom is -0.359 e. The van der Waals surface area contributed by atoms with Gasteiger partial charge in [-0.3, -0.25) is 0 Å². The van der Waals surface area contributed by atoms with Crippen LogP contribution in [0.2, 0.25) is 5.02 Å². The molecule has 141 valence electrons. The fourth-order valence-electron chi connectivity index (χ4n) is 4.08. The van der Waals surface area contributed by atoms with Crippen LogP contribution in [-0.2, 0) is 0 Å². The molecule has 1 aliphatic rings. The van der Waals surface area contributed by atoms with E-state index in [2.05, 4.69) is 45.2 Å². The van der Waals surface area contributed by atoms with Crippen molar-refractivity contribution in [3.05, 3.63) is 65.2 Å². The van der Waals surface area contributed by atoms with Crippen molar-refractivity contribution in [2.45, 2.75) is 26.3 Å². The Labute approximate surface area is 168 Å². The number of nitrogens with one attached hydrogen (secondary N) is 1. The molecule has 3 heterocycles. The Morgan fingerprint density at radius 1 is 1.25 bits per heavy atom. The van der Waals surface area contributed by atoms with Crippen LogP contribution in [-0.4, -0.2) is 31.5 Å². The lowest BCUT2D eigenvalue weighted by atomic mass is 10.0. The molecule has 0 aliphatic carbocycles. The van der Waals surface area contributed by atoms with E-state index in [0.29, 0.717) is 5.92 Å². The zero-order valence-corrected chi connectivity index (χ0v) is 16.5. The summed E-state index contributed by atoms with van der Waals surface area (Å²) in [5.74, 6) is 1.42. The van der Waals surface area contributed by atoms with E-state index in [-0.39, 0.29) is 6.04 Å². The van der Waals surface area contributed by atoms with Gasteiger partial charge in [0.05, 0.1) is 35.2 Å². The van der Waals surface area contributed by atoms with Crippen molar-refractivity contribution in [3.8, 4) is 5.69 Å². The smallest absolute Gasteiger partial charge is 0.130 e. The van der Waals surface area contributed by atoms with E-state index < -0.39 is 0 Å². The third-order valence-electron chi connectivity index (χ3n) is 5.50. The predicted octanol–water partition coefficient (Wildman–Crippen LogP) is 4.49. The predicted molar refractivity (Wildman–Crippen MR) is 110 cm³/mol. The van der Waals surface area contributed by atoms with Gasteiger partial charge < -0.3 is 9.88 Å². The molecule has 1 aliphatic heterocycles. The second-order valence-electron chi connectivity index (χ2n) is 7.37. The highest BCUT2D eigenvalue weighted by Gasteiger charge is 2.36. The summed E-state index contributed by atoms with van der Waals surface area (Å²) >= 11 is 6.30. The van der Waals surface area contributed by atoms with Gasteiger partial charge in [0.25, 0.3) is 0 Å². The van der Waals surface area contributed by atoms with Crippen molar-refractivity contribution in [3.63, 3.8) is 0 Å². The van der Waals surface area contributed by atoms with Gasteiger partial charge in [-0.15, -0.1) is 4.80 Å². The summed E-state index contributed by atoms with van der Waals surface area (Å²) in [6.07, 6.45) is 4.45. The first-order chi connectivity index (χ1) is 13.6. The molecule has 2 aromatic heterocycles. The minimum absolute atomic E-state index is 0.136. The number of aromatic amines is 1. The maximum Gasteiger partial charge on any atom is 0.130 e. The number of imidazole rings is 1. The van der Waals surface area contributed by atoms with Crippen LogP contribution in [0.5, 0.6) is 0 Å². The number of rotatable bonds is 3. The quantitative estimate of drug-likeness (QED) is 0.558. The lowest BCUT2D eigenvalue weighted by Gasteiger charge is -2.28. The Kier molecular flexibility index (Phi) is 4.09. The number of fused-ring (bicyclic) bond motifs is 1. The SMILES string of the molecule is Cc1cc2[nH]c([C@@H]3[C@@H](C)CCN3c3ccc[c]c3-n3nccn3)nc2cc1Cl. The number of aromatic nitrogens is 5. The number of benzene rings is 2. The maximum absolute atomic E-state index is 6.30. The molecule has 1 fully saturated rings. The van der Waals surface area contributed by atoms with Crippen molar-refractivity contribution in [1.82, 2.24) is 25.0 Å². The summed E-state index contributed by atoms with van der Waals surface area (Å²) in [5, 5.41) is 9.34. The lowest BCUT2D eigenvalue weighted by Crippen LogP contribution is -2.27. The Morgan fingerprint density at radius 2 is 2.07 bits per heavy atom. The zero-order valence-electron chi connectivity index (χ0n) is 15.7. The van der Waals surface area contributed by atoms with Gasteiger partial charge in [-0.2, -0.15) is 10.2 Å². The molecule has 1 radical (unpaired) electrons. The Hall–Kier alpha value is -2.86. The maximum atomic E-state index is 6.30. The number of nitrogens with zero attached hydrogens (tertiary/aromatic N) is 5. The van der Waals surface area contributed by atoms with E-state index in [9.17, 15) is 0 Å². The van der Waals surface area contributed by atoms with Crippen LogP contribution in [0.1, 0.15) is 30.8 Å². The summed E-state index contributed by atoms with van der Waals surface area (Å²) in [5.41, 5.74) is 4.87. The highest BCUT2D eigenvalue weighted by atomic mass is 35.5. The fraction of sp³-hybridized carbons (Fsp3) is 0.286. The first-order valence-electron chi connectivity index (χ1n) is 9.41. The minimum atomic E-state index is 0.136. The molecule has 2 atom stereocenters. The topological polar surface area (TPSA) is 62.6 Å². The van der Waals surface area contributed by atoms with E-state index in [1.165, 1.54) is 0 Å². The van der Waals surface area contributed by atoms with Gasteiger partial charge in [-0.05, 0) is 43.0 Å². The van der Waals surface area contributed by atoms with Crippen molar-refractivity contribution < 1.29 is 0 Å². The van der Waals surface area contributed by atoms with E-state index in [4.69, 9.17) is 16.6 Å². The summed E-state index contributed by atoms with van der Waals surface area (Å²) in [6.45, 7) is 5.22. The molecule has 28 heavy (non-hydrogen) atoms. The number of para-hydroxylation sites is 1. The molecule has 6 nitrogen and oxygen atoms in total. The fourth-order valence-corrected chi connectivity index (χ4v) is 4.23. The van der Waals surface area contributed by atoms with Crippen molar-refractivity contribution >= 4 is 28.3 Å². The molecule has 4 aromatic rings. The van der Waals surface area contributed by atoms with Crippen LogP contribution in [0.3, 0.4) is 0 Å². The molecule has 0 bridgehead atoms. The first-order valence-corrected chi connectivity index (χ1v) is 9.79. The molecular weight excluding hydrogens is 372 g/mol. The average molecular weight is 392 g/mol. The highest BCUT2D eigenvalue weighted by Crippen LogP contribution is 2.41. The first kappa shape index (κ1) is 17.3. The number of aryl methyl sites for hydroxylation is 1. The molecule has 1 N–H and O–H groups in total. The Bertz CT molecular complexity index is 1090. The van der Waals surface area contributed by atoms with Gasteiger partial charge in [-0.25, -0.2) is 4.98 Å². The van der Waals surface area contributed by atoms with Gasteiger partial charge in [0, 0.05) is 17.6 Å². The van der Waals surface area contributed by atoms with E-state index in [1.54, 1.807) is 17.2 Å². The largest absolute Gasteiger partial charge is 0.359 e. The van der Waals surface area contributed by atoms with Crippen LogP contribution < -0.4 is 4.90 Å². The molecule has 1 saturated heterocycles. The molecular formula is C21H20ClN6. The number of H-pyrrole nitrogens is 1. The Balaban J connectivity index is 1.60. The second-order valence-corrected chi connectivity index (χ2v) is 7.77.